The molecule has 0 radical (unpaired) electrons. The molecule has 1 fully saturated rings. The lowest BCUT2D eigenvalue weighted by Gasteiger charge is -2.31. The van der Waals surface area contributed by atoms with Crippen LogP contribution in [0, 0.1) is 6.92 Å². The van der Waals surface area contributed by atoms with Crippen molar-refractivity contribution in [2.45, 2.75) is 51.6 Å². The number of methoxy groups -OCH3 is 1. The zero-order valence-corrected chi connectivity index (χ0v) is 15.5. The third-order valence-electron chi connectivity index (χ3n) is 4.94. The fraction of sp³-hybridized carbons (Fsp3) is 0.526. The molecule has 24 heavy (non-hydrogen) atoms. The van der Waals surface area contributed by atoms with Gasteiger partial charge in [-0.25, -0.2) is 0 Å². The Morgan fingerprint density at radius 2 is 2.04 bits per heavy atom. The standard InChI is InChI=1S/C19H26N2O2S/c1-13-9-10-16(23-3)15(11-13)18-17(24-19(22)20-18)12-21(2)14-7-5-4-6-8-14/h9-11,14H,4-8,12H2,1-3H3,(H,20,22). The third kappa shape index (κ3) is 3.73. The van der Waals surface area contributed by atoms with Gasteiger partial charge in [-0.2, -0.15) is 0 Å². The van der Waals surface area contributed by atoms with Crippen LogP contribution in [0.15, 0.2) is 23.0 Å². The Kier molecular flexibility index (Phi) is 5.41. The van der Waals surface area contributed by atoms with Crippen molar-refractivity contribution in [1.29, 1.82) is 0 Å². The maximum atomic E-state index is 12.0. The van der Waals surface area contributed by atoms with E-state index in [9.17, 15) is 4.79 Å². The van der Waals surface area contributed by atoms with E-state index in [4.69, 9.17) is 4.74 Å². The normalized spacial score (nSPS) is 15.8. The first-order valence-electron chi connectivity index (χ1n) is 8.65. The molecule has 1 aromatic carbocycles. The molecule has 1 aliphatic rings. The Labute approximate surface area is 147 Å². The van der Waals surface area contributed by atoms with Crippen molar-refractivity contribution in [3.05, 3.63) is 38.3 Å². The minimum Gasteiger partial charge on any atom is -0.496 e. The van der Waals surface area contributed by atoms with Crippen molar-refractivity contribution < 1.29 is 4.74 Å². The first-order chi connectivity index (χ1) is 11.6. The third-order valence-corrected chi connectivity index (χ3v) is 5.80. The van der Waals surface area contributed by atoms with Crippen LogP contribution in [0.1, 0.15) is 42.5 Å². The number of aromatic nitrogens is 1. The molecule has 130 valence electrons. The molecule has 3 rings (SSSR count). The highest BCUT2D eigenvalue weighted by molar-refractivity contribution is 7.09. The van der Waals surface area contributed by atoms with Gasteiger partial charge >= 0.3 is 4.87 Å². The number of nitrogens with zero attached hydrogens (tertiary/aromatic N) is 1. The Morgan fingerprint density at radius 1 is 1.29 bits per heavy atom. The van der Waals surface area contributed by atoms with Gasteiger partial charge in [0.2, 0.25) is 0 Å². The Bertz CT molecular complexity index is 744. The van der Waals surface area contributed by atoms with Crippen molar-refractivity contribution in [2.24, 2.45) is 0 Å². The fourth-order valence-corrected chi connectivity index (χ4v) is 4.49. The van der Waals surface area contributed by atoms with Crippen LogP contribution < -0.4 is 9.61 Å². The van der Waals surface area contributed by atoms with Crippen molar-refractivity contribution in [1.82, 2.24) is 9.88 Å². The van der Waals surface area contributed by atoms with Crippen molar-refractivity contribution in [2.75, 3.05) is 14.2 Å². The zero-order valence-electron chi connectivity index (χ0n) is 14.7. The lowest BCUT2D eigenvalue weighted by molar-refractivity contribution is 0.186. The molecule has 0 amide bonds. The predicted molar refractivity (Wildman–Crippen MR) is 100 cm³/mol. The summed E-state index contributed by atoms with van der Waals surface area (Å²) in [4.78, 5) is 18.6. The van der Waals surface area contributed by atoms with Gasteiger partial charge in [0, 0.05) is 23.0 Å². The van der Waals surface area contributed by atoms with Crippen LogP contribution >= 0.6 is 11.3 Å². The van der Waals surface area contributed by atoms with E-state index in [1.807, 2.05) is 12.1 Å². The number of thiazole rings is 1. The number of hydrogen-bond donors (Lipinski definition) is 1. The van der Waals surface area contributed by atoms with Gasteiger partial charge in [0.15, 0.2) is 0 Å². The topological polar surface area (TPSA) is 45.3 Å². The summed E-state index contributed by atoms with van der Waals surface area (Å²) in [5.74, 6) is 0.802. The van der Waals surface area contributed by atoms with Gasteiger partial charge in [0.1, 0.15) is 5.75 Å². The monoisotopic (exact) mass is 346 g/mol. The Balaban J connectivity index is 1.91. The van der Waals surface area contributed by atoms with Crippen molar-refractivity contribution in [3.8, 4) is 17.0 Å². The van der Waals surface area contributed by atoms with Crippen LogP contribution in [-0.4, -0.2) is 30.1 Å². The van der Waals surface area contributed by atoms with Crippen LogP contribution in [0.25, 0.3) is 11.3 Å². The van der Waals surface area contributed by atoms with E-state index in [0.29, 0.717) is 6.04 Å². The molecule has 0 bridgehead atoms. The van der Waals surface area contributed by atoms with Gasteiger partial charge in [-0.3, -0.25) is 9.69 Å². The van der Waals surface area contributed by atoms with Gasteiger partial charge in [-0.05, 0) is 38.9 Å². The summed E-state index contributed by atoms with van der Waals surface area (Å²) >= 11 is 1.32. The number of rotatable bonds is 5. The summed E-state index contributed by atoms with van der Waals surface area (Å²) in [6, 6.07) is 6.71. The molecule has 1 aromatic heterocycles. The molecule has 2 aromatic rings. The molecular formula is C19H26N2O2S. The van der Waals surface area contributed by atoms with Crippen LogP contribution in [0.2, 0.25) is 0 Å². The zero-order chi connectivity index (χ0) is 17.1. The van der Waals surface area contributed by atoms with Crippen LogP contribution in [0.5, 0.6) is 5.75 Å². The highest BCUT2D eigenvalue weighted by Gasteiger charge is 2.21. The molecule has 5 heteroatoms. The number of hydrogen-bond acceptors (Lipinski definition) is 4. The van der Waals surface area contributed by atoms with E-state index in [-0.39, 0.29) is 4.87 Å². The van der Waals surface area contributed by atoms with Gasteiger partial charge in [0.05, 0.1) is 12.8 Å². The van der Waals surface area contributed by atoms with Crippen LogP contribution in [-0.2, 0) is 6.54 Å². The van der Waals surface area contributed by atoms with E-state index >= 15 is 0 Å². The SMILES string of the molecule is COc1ccc(C)cc1-c1[nH]c(=O)sc1CN(C)C1CCCCC1. The lowest BCUT2D eigenvalue weighted by Crippen LogP contribution is -2.32. The molecular weight excluding hydrogens is 320 g/mol. The quantitative estimate of drug-likeness (QED) is 0.883. The number of aromatic amines is 1. The maximum Gasteiger partial charge on any atom is 0.305 e. The number of benzene rings is 1. The minimum absolute atomic E-state index is 0.000559. The Morgan fingerprint density at radius 3 is 2.75 bits per heavy atom. The second-order valence-electron chi connectivity index (χ2n) is 6.72. The minimum atomic E-state index is 0.000559. The number of nitrogens with one attached hydrogen (secondary N) is 1. The fourth-order valence-electron chi connectivity index (χ4n) is 3.58. The molecule has 0 unspecified atom stereocenters. The van der Waals surface area contributed by atoms with Crippen LogP contribution in [0.4, 0.5) is 0 Å². The predicted octanol–water partition coefficient (Wildman–Crippen LogP) is 4.18. The molecule has 1 aliphatic carbocycles. The van der Waals surface area contributed by atoms with E-state index < -0.39 is 0 Å². The van der Waals surface area contributed by atoms with E-state index in [1.54, 1.807) is 7.11 Å². The van der Waals surface area contributed by atoms with E-state index in [1.165, 1.54) is 43.4 Å². The van der Waals surface area contributed by atoms with Crippen molar-refractivity contribution in [3.63, 3.8) is 0 Å². The molecule has 1 N–H and O–H groups in total. The molecule has 0 spiro atoms. The lowest BCUT2D eigenvalue weighted by atomic mass is 9.94. The second kappa shape index (κ2) is 7.53. The van der Waals surface area contributed by atoms with Gasteiger partial charge in [0.25, 0.3) is 0 Å². The summed E-state index contributed by atoms with van der Waals surface area (Å²) < 4.78 is 5.51. The molecule has 0 aliphatic heterocycles. The first kappa shape index (κ1) is 17.2. The molecule has 0 atom stereocenters. The highest BCUT2D eigenvalue weighted by atomic mass is 32.1. The van der Waals surface area contributed by atoms with Crippen molar-refractivity contribution >= 4 is 11.3 Å². The average molecular weight is 346 g/mol. The average Bonchev–Trinajstić information content (AvgIpc) is 2.95. The van der Waals surface area contributed by atoms with Gasteiger partial charge in [-0.1, -0.05) is 42.2 Å². The first-order valence-corrected chi connectivity index (χ1v) is 9.47. The summed E-state index contributed by atoms with van der Waals surface area (Å²) in [5.41, 5.74) is 3.04. The summed E-state index contributed by atoms with van der Waals surface area (Å²) in [5, 5.41) is 0. The second-order valence-corrected chi connectivity index (χ2v) is 7.79. The van der Waals surface area contributed by atoms with Gasteiger partial charge in [-0.15, -0.1) is 0 Å². The molecule has 0 saturated heterocycles. The molecule has 1 saturated carbocycles. The highest BCUT2D eigenvalue weighted by Crippen LogP contribution is 2.34. The van der Waals surface area contributed by atoms with E-state index in [0.717, 1.165) is 34.0 Å². The van der Waals surface area contributed by atoms with Gasteiger partial charge < -0.3 is 9.72 Å². The largest absolute Gasteiger partial charge is 0.496 e. The number of ether oxygens (including phenoxy) is 1. The smallest absolute Gasteiger partial charge is 0.305 e. The van der Waals surface area contributed by atoms with E-state index in [2.05, 4.69) is 29.9 Å². The summed E-state index contributed by atoms with van der Waals surface area (Å²) in [6.45, 7) is 2.86. The molecule has 4 nitrogen and oxygen atoms in total. The summed E-state index contributed by atoms with van der Waals surface area (Å²) in [7, 11) is 3.85. The molecule has 1 heterocycles. The maximum absolute atomic E-state index is 12.0. The van der Waals surface area contributed by atoms with Crippen LogP contribution in [0.3, 0.4) is 0 Å². The number of H-pyrrole nitrogens is 1. The Hall–Kier alpha value is -1.59. The summed E-state index contributed by atoms with van der Waals surface area (Å²) in [6.07, 6.45) is 6.51. The number of aryl methyl sites for hydroxylation is 1.